The summed E-state index contributed by atoms with van der Waals surface area (Å²) >= 11 is 5.23. The second kappa shape index (κ2) is 6.48. The number of hydrogen-bond donors (Lipinski definition) is 2. The molecule has 1 aromatic rings. The standard InChI is InChI=1S/C13H16BrNO2S/c14-10-1-2-11(12(16)7-10)13(17)15-8-9-3-5-18-6-4-9/h1-2,7,9,16H,3-6,8H2,(H,15,17). The van der Waals surface area contributed by atoms with E-state index in [1.165, 1.54) is 17.6 Å². The first-order valence-corrected chi connectivity index (χ1v) is 7.96. The minimum absolute atomic E-state index is 0.0149. The van der Waals surface area contributed by atoms with E-state index >= 15 is 0 Å². The SMILES string of the molecule is O=C(NCC1CCSCC1)c1ccc(Br)cc1O. The van der Waals surface area contributed by atoms with Gasteiger partial charge in [-0.3, -0.25) is 4.79 Å². The van der Waals surface area contributed by atoms with Crippen LogP contribution >= 0.6 is 27.7 Å². The Balaban J connectivity index is 1.90. The quantitative estimate of drug-likeness (QED) is 0.896. The number of carbonyl (C=O) groups is 1. The zero-order chi connectivity index (χ0) is 13.0. The molecule has 1 heterocycles. The molecule has 2 rings (SSSR count). The number of aromatic hydroxyl groups is 1. The summed E-state index contributed by atoms with van der Waals surface area (Å²) in [4.78, 5) is 11.9. The molecule has 0 atom stereocenters. The predicted molar refractivity (Wildman–Crippen MR) is 78.2 cm³/mol. The Morgan fingerprint density at radius 3 is 2.83 bits per heavy atom. The van der Waals surface area contributed by atoms with E-state index in [2.05, 4.69) is 21.2 Å². The van der Waals surface area contributed by atoms with Crippen molar-refractivity contribution in [1.29, 1.82) is 0 Å². The van der Waals surface area contributed by atoms with Crippen molar-refractivity contribution in [2.24, 2.45) is 5.92 Å². The number of thioether (sulfide) groups is 1. The maximum Gasteiger partial charge on any atom is 0.255 e. The molecule has 0 aliphatic carbocycles. The Labute approximate surface area is 119 Å². The fourth-order valence-electron chi connectivity index (χ4n) is 1.98. The molecule has 98 valence electrons. The lowest BCUT2D eigenvalue weighted by molar-refractivity contribution is 0.0943. The van der Waals surface area contributed by atoms with Gasteiger partial charge in [0.1, 0.15) is 5.75 Å². The number of benzene rings is 1. The molecule has 1 aromatic carbocycles. The molecule has 0 unspecified atom stereocenters. The molecule has 1 aliphatic heterocycles. The number of phenols is 1. The lowest BCUT2D eigenvalue weighted by Gasteiger charge is -2.21. The number of halogens is 1. The van der Waals surface area contributed by atoms with Crippen LogP contribution in [0.5, 0.6) is 5.75 Å². The van der Waals surface area contributed by atoms with Crippen LogP contribution in [0.25, 0.3) is 0 Å². The fourth-order valence-corrected chi connectivity index (χ4v) is 3.53. The van der Waals surface area contributed by atoms with Gasteiger partial charge in [-0.1, -0.05) is 15.9 Å². The highest BCUT2D eigenvalue weighted by molar-refractivity contribution is 9.10. The van der Waals surface area contributed by atoms with E-state index in [1.54, 1.807) is 12.1 Å². The van der Waals surface area contributed by atoms with E-state index in [-0.39, 0.29) is 11.7 Å². The van der Waals surface area contributed by atoms with Gasteiger partial charge in [-0.25, -0.2) is 0 Å². The third kappa shape index (κ3) is 3.65. The summed E-state index contributed by atoms with van der Waals surface area (Å²) in [6, 6.07) is 4.92. The van der Waals surface area contributed by atoms with Crippen LogP contribution in [0.4, 0.5) is 0 Å². The van der Waals surface area contributed by atoms with Crippen molar-refractivity contribution in [3.8, 4) is 5.75 Å². The highest BCUT2D eigenvalue weighted by atomic mass is 79.9. The summed E-state index contributed by atoms with van der Waals surface area (Å²) in [6.45, 7) is 0.703. The van der Waals surface area contributed by atoms with E-state index in [1.807, 2.05) is 11.8 Å². The molecule has 1 saturated heterocycles. The van der Waals surface area contributed by atoms with Crippen molar-refractivity contribution in [3.63, 3.8) is 0 Å². The van der Waals surface area contributed by atoms with Crippen LogP contribution in [0.1, 0.15) is 23.2 Å². The molecule has 0 radical (unpaired) electrons. The molecule has 1 aliphatic rings. The third-order valence-corrected chi connectivity index (χ3v) is 4.64. The van der Waals surface area contributed by atoms with Gasteiger partial charge in [0.15, 0.2) is 0 Å². The topological polar surface area (TPSA) is 49.3 Å². The molecule has 0 bridgehead atoms. The number of hydrogen-bond acceptors (Lipinski definition) is 3. The smallest absolute Gasteiger partial charge is 0.255 e. The summed E-state index contributed by atoms with van der Waals surface area (Å²) in [6.07, 6.45) is 2.33. The minimum atomic E-state index is -0.196. The van der Waals surface area contributed by atoms with E-state index in [4.69, 9.17) is 0 Å². The highest BCUT2D eigenvalue weighted by Gasteiger charge is 2.16. The van der Waals surface area contributed by atoms with Crippen LogP contribution < -0.4 is 5.32 Å². The lowest BCUT2D eigenvalue weighted by Crippen LogP contribution is -2.31. The van der Waals surface area contributed by atoms with Crippen molar-refractivity contribution in [2.45, 2.75) is 12.8 Å². The van der Waals surface area contributed by atoms with E-state index < -0.39 is 0 Å². The fraction of sp³-hybridized carbons (Fsp3) is 0.462. The molecule has 2 N–H and O–H groups in total. The zero-order valence-electron chi connectivity index (χ0n) is 9.99. The maximum atomic E-state index is 11.9. The molecular formula is C13H16BrNO2S. The molecule has 0 saturated carbocycles. The van der Waals surface area contributed by atoms with Crippen LogP contribution in [-0.4, -0.2) is 29.1 Å². The van der Waals surface area contributed by atoms with Gasteiger partial charge in [-0.15, -0.1) is 0 Å². The van der Waals surface area contributed by atoms with E-state index in [0.717, 1.165) is 17.3 Å². The van der Waals surface area contributed by atoms with Gasteiger partial charge < -0.3 is 10.4 Å². The number of rotatable bonds is 3. The summed E-state index contributed by atoms with van der Waals surface area (Å²) in [5.74, 6) is 2.76. The molecule has 3 nitrogen and oxygen atoms in total. The van der Waals surface area contributed by atoms with Gasteiger partial charge in [0, 0.05) is 11.0 Å². The molecule has 0 aromatic heterocycles. The summed E-state index contributed by atoms with van der Waals surface area (Å²) in [5, 5.41) is 12.6. The Hall–Kier alpha value is -0.680. The van der Waals surface area contributed by atoms with Crippen LogP contribution in [0.3, 0.4) is 0 Å². The zero-order valence-corrected chi connectivity index (χ0v) is 12.4. The minimum Gasteiger partial charge on any atom is -0.507 e. The van der Waals surface area contributed by atoms with Crippen LogP contribution in [0.15, 0.2) is 22.7 Å². The molecular weight excluding hydrogens is 314 g/mol. The van der Waals surface area contributed by atoms with Crippen LogP contribution in [-0.2, 0) is 0 Å². The molecule has 18 heavy (non-hydrogen) atoms. The third-order valence-electron chi connectivity index (χ3n) is 3.10. The van der Waals surface area contributed by atoms with Crippen molar-refractivity contribution in [2.75, 3.05) is 18.1 Å². The highest BCUT2D eigenvalue weighted by Crippen LogP contribution is 2.24. The van der Waals surface area contributed by atoms with Gasteiger partial charge in [-0.05, 0) is 48.5 Å². The second-order valence-corrected chi connectivity index (χ2v) is 6.57. The number of amides is 1. The van der Waals surface area contributed by atoms with E-state index in [0.29, 0.717) is 18.0 Å². The van der Waals surface area contributed by atoms with Crippen molar-refractivity contribution in [3.05, 3.63) is 28.2 Å². The first-order valence-electron chi connectivity index (χ1n) is 6.01. The molecule has 1 fully saturated rings. The molecule has 5 heteroatoms. The first kappa shape index (κ1) is 13.7. The summed E-state index contributed by atoms with van der Waals surface area (Å²) in [5.41, 5.74) is 0.336. The van der Waals surface area contributed by atoms with Gasteiger partial charge in [0.05, 0.1) is 5.56 Å². The van der Waals surface area contributed by atoms with Gasteiger partial charge in [0.2, 0.25) is 0 Å². The van der Waals surface area contributed by atoms with Gasteiger partial charge in [-0.2, -0.15) is 11.8 Å². The molecule has 0 spiro atoms. The normalized spacial score (nSPS) is 16.5. The van der Waals surface area contributed by atoms with Gasteiger partial charge >= 0.3 is 0 Å². The average Bonchev–Trinajstić information content (AvgIpc) is 2.37. The monoisotopic (exact) mass is 329 g/mol. The van der Waals surface area contributed by atoms with Crippen molar-refractivity contribution in [1.82, 2.24) is 5.32 Å². The van der Waals surface area contributed by atoms with Crippen LogP contribution in [0.2, 0.25) is 0 Å². The lowest BCUT2D eigenvalue weighted by atomic mass is 10.0. The summed E-state index contributed by atoms with van der Waals surface area (Å²) < 4.78 is 0.765. The van der Waals surface area contributed by atoms with Gasteiger partial charge in [0.25, 0.3) is 5.91 Å². The Kier molecular flexibility index (Phi) is 4.95. The number of carbonyl (C=O) groups excluding carboxylic acids is 1. The number of nitrogens with one attached hydrogen (secondary N) is 1. The van der Waals surface area contributed by atoms with Crippen molar-refractivity contribution < 1.29 is 9.90 Å². The Bertz CT molecular complexity index is 433. The average molecular weight is 330 g/mol. The molecule has 1 amide bonds. The first-order chi connectivity index (χ1) is 8.66. The van der Waals surface area contributed by atoms with Crippen molar-refractivity contribution >= 4 is 33.6 Å². The second-order valence-electron chi connectivity index (χ2n) is 4.43. The summed E-state index contributed by atoms with van der Waals surface area (Å²) in [7, 11) is 0. The number of phenolic OH excluding ortho intramolecular Hbond substituents is 1. The Morgan fingerprint density at radius 2 is 2.17 bits per heavy atom. The van der Waals surface area contributed by atoms with E-state index in [9.17, 15) is 9.90 Å². The maximum absolute atomic E-state index is 11.9. The predicted octanol–water partition coefficient (Wildman–Crippen LogP) is 3.03. The Morgan fingerprint density at radius 1 is 1.44 bits per heavy atom. The largest absolute Gasteiger partial charge is 0.507 e. The van der Waals surface area contributed by atoms with Crippen LogP contribution in [0, 0.1) is 5.92 Å².